The first-order chi connectivity index (χ1) is 13.2. The second-order valence-corrected chi connectivity index (χ2v) is 8.52. The van der Waals surface area contributed by atoms with Gasteiger partial charge in [0.05, 0.1) is 11.5 Å². The maximum atomic E-state index is 14.0. The van der Waals surface area contributed by atoms with Gasteiger partial charge in [0, 0.05) is 7.11 Å². The lowest BCUT2D eigenvalue weighted by molar-refractivity contribution is 0.184. The van der Waals surface area contributed by atoms with Gasteiger partial charge in [0.1, 0.15) is 11.6 Å². The molecule has 0 heterocycles. The van der Waals surface area contributed by atoms with Gasteiger partial charge >= 0.3 is 0 Å². The van der Waals surface area contributed by atoms with Crippen molar-refractivity contribution in [3.05, 3.63) is 29.3 Å². The highest BCUT2D eigenvalue weighted by molar-refractivity contribution is 7.99. The molecular formula is C23H38F2OS. The number of unbranched alkanes of at least 4 members (excludes halogenated alkanes) is 12. The van der Waals surface area contributed by atoms with E-state index in [0.717, 1.165) is 18.6 Å². The van der Waals surface area contributed by atoms with Crippen molar-refractivity contribution in [1.29, 1.82) is 0 Å². The van der Waals surface area contributed by atoms with Gasteiger partial charge in [-0.2, -0.15) is 0 Å². The highest BCUT2D eigenvalue weighted by Crippen LogP contribution is 2.27. The van der Waals surface area contributed by atoms with Crippen molar-refractivity contribution >= 4 is 11.8 Å². The molecule has 0 amide bonds. The number of halogens is 2. The number of methoxy groups -OCH3 is 1. The molecule has 0 aliphatic carbocycles. The van der Waals surface area contributed by atoms with Gasteiger partial charge in [0.25, 0.3) is 0 Å². The van der Waals surface area contributed by atoms with Gasteiger partial charge in [-0.15, -0.1) is 11.8 Å². The fourth-order valence-electron chi connectivity index (χ4n) is 3.29. The van der Waals surface area contributed by atoms with Crippen LogP contribution < -0.4 is 0 Å². The summed E-state index contributed by atoms with van der Waals surface area (Å²) in [6, 6.07) is 2.75. The van der Waals surface area contributed by atoms with Crippen molar-refractivity contribution < 1.29 is 13.5 Å². The Kier molecular flexibility index (Phi) is 14.8. The van der Waals surface area contributed by atoms with E-state index in [0.29, 0.717) is 5.56 Å². The Morgan fingerprint density at radius 3 is 1.63 bits per heavy atom. The Morgan fingerprint density at radius 1 is 0.741 bits per heavy atom. The smallest absolute Gasteiger partial charge is 0.140 e. The van der Waals surface area contributed by atoms with Crippen molar-refractivity contribution in [3.8, 4) is 0 Å². The zero-order valence-electron chi connectivity index (χ0n) is 17.3. The monoisotopic (exact) mass is 400 g/mol. The van der Waals surface area contributed by atoms with Gasteiger partial charge in [-0.1, -0.05) is 84.0 Å². The Morgan fingerprint density at radius 2 is 1.19 bits per heavy atom. The molecular weight excluding hydrogens is 362 g/mol. The number of hydrogen-bond acceptors (Lipinski definition) is 2. The molecule has 0 radical (unpaired) electrons. The third-order valence-corrected chi connectivity index (χ3v) is 6.03. The topological polar surface area (TPSA) is 9.23 Å². The van der Waals surface area contributed by atoms with Crippen LogP contribution >= 0.6 is 11.8 Å². The minimum absolute atomic E-state index is 0.147. The normalized spacial score (nSPS) is 11.3. The predicted octanol–water partition coefficient (Wildman–Crippen LogP) is 8.29. The average molecular weight is 401 g/mol. The molecule has 0 aliphatic heterocycles. The molecule has 0 spiro atoms. The third kappa shape index (κ3) is 11.7. The van der Waals surface area contributed by atoms with Gasteiger partial charge in [-0.05, 0) is 29.9 Å². The quantitative estimate of drug-likeness (QED) is 0.192. The first-order valence-electron chi connectivity index (χ1n) is 10.8. The molecule has 0 fully saturated rings. The molecule has 27 heavy (non-hydrogen) atoms. The lowest BCUT2D eigenvalue weighted by Gasteiger charge is -2.08. The summed E-state index contributed by atoms with van der Waals surface area (Å²) >= 11 is 1.29. The van der Waals surface area contributed by atoms with Crippen LogP contribution in [-0.2, 0) is 11.3 Å². The van der Waals surface area contributed by atoms with E-state index in [4.69, 9.17) is 4.74 Å². The summed E-state index contributed by atoms with van der Waals surface area (Å²) in [5.41, 5.74) is 0.540. The van der Waals surface area contributed by atoms with E-state index in [9.17, 15) is 8.78 Å². The fraction of sp³-hybridized carbons (Fsp3) is 0.739. The number of hydrogen-bond donors (Lipinski definition) is 0. The van der Waals surface area contributed by atoms with E-state index >= 15 is 0 Å². The van der Waals surface area contributed by atoms with E-state index in [1.54, 1.807) is 0 Å². The first-order valence-corrected chi connectivity index (χ1v) is 11.8. The molecule has 0 bridgehead atoms. The van der Waals surface area contributed by atoms with Crippen molar-refractivity contribution in [1.82, 2.24) is 0 Å². The first kappa shape index (κ1) is 24.4. The molecule has 0 aromatic heterocycles. The van der Waals surface area contributed by atoms with Gasteiger partial charge in [-0.3, -0.25) is 0 Å². The molecule has 1 rings (SSSR count). The summed E-state index contributed by atoms with van der Waals surface area (Å²) in [7, 11) is 1.52. The molecule has 1 aromatic carbocycles. The fourth-order valence-corrected chi connectivity index (χ4v) is 4.24. The molecule has 4 heteroatoms. The molecule has 0 saturated heterocycles. The van der Waals surface area contributed by atoms with Crippen LogP contribution in [0.2, 0.25) is 0 Å². The zero-order chi connectivity index (χ0) is 19.7. The molecule has 0 aliphatic rings. The molecule has 1 aromatic rings. The van der Waals surface area contributed by atoms with Gasteiger partial charge < -0.3 is 4.74 Å². The van der Waals surface area contributed by atoms with Crippen LogP contribution in [0.1, 0.15) is 96.0 Å². The predicted molar refractivity (Wildman–Crippen MR) is 113 cm³/mol. The van der Waals surface area contributed by atoms with E-state index in [1.807, 2.05) is 0 Å². The largest absolute Gasteiger partial charge is 0.380 e. The molecule has 0 N–H and O–H groups in total. The molecule has 1 nitrogen and oxygen atoms in total. The standard InChI is InChI=1S/C23H38F2OS/c1-3-4-5-6-7-8-9-10-11-12-13-14-15-16-27-23-21(24)17-20(19-26-2)18-22(23)25/h17-18H,3-16,19H2,1-2H3. The molecule has 0 atom stereocenters. The second kappa shape index (κ2) is 16.4. The van der Waals surface area contributed by atoms with Crippen molar-refractivity contribution in [3.63, 3.8) is 0 Å². The minimum atomic E-state index is -0.471. The van der Waals surface area contributed by atoms with Crippen LogP contribution in [0, 0.1) is 11.6 Å². The molecule has 0 saturated carbocycles. The summed E-state index contributed by atoms with van der Waals surface area (Å²) in [4.78, 5) is 0.147. The maximum absolute atomic E-state index is 14.0. The summed E-state index contributed by atoms with van der Waals surface area (Å²) in [5, 5.41) is 0. The Hall–Kier alpha value is -0.610. The van der Waals surface area contributed by atoms with Crippen LogP contribution in [0.25, 0.3) is 0 Å². The maximum Gasteiger partial charge on any atom is 0.140 e. The van der Waals surface area contributed by atoms with E-state index < -0.39 is 11.6 Å². The molecule has 156 valence electrons. The van der Waals surface area contributed by atoms with Crippen LogP contribution in [-0.4, -0.2) is 12.9 Å². The van der Waals surface area contributed by atoms with E-state index in [2.05, 4.69) is 6.92 Å². The van der Waals surface area contributed by atoms with Crippen molar-refractivity contribution in [2.45, 2.75) is 102 Å². The van der Waals surface area contributed by atoms with Crippen molar-refractivity contribution in [2.75, 3.05) is 12.9 Å². The Labute approximate surface area is 169 Å². The summed E-state index contributed by atoms with van der Waals surface area (Å²) < 4.78 is 32.9. The average Bonchev–Trinajstić information content (AvgIpc) is 2.64. The Balaban J connectivity index is 1.99. The van der Waals surface area contributed by atoms with E-state index in [1.165, 1.54) is 102 Å². The zero-order valence-corrected chi connectivity index (χ0v) is 18.2. The SMILES string of the molecule is CCCCCCCCCCCCCCCSc1c(F)cc(COC)cc1F. The Bertz CT molecular complexity index is 470. The van der Waals surface area contributed by atoms with Crippen LogP contribution in [0.4, 0.5) is 8.78 Å². The van der Waals surface area contributed by atoms with Gasteiger partial charge in [-0.25, -0.2) is 8.78 Å². The van der Waals surface area contributed by atoms with Crippen LogP contribution in [0.5, 0.6) is 0 Å². The van der Waals surface area contributed by atoms with E-state index in [-0.39, 0.29) is 11.5 Å². The summed E-state index contributed by atoms with van der Waals surface area (Å²) in [6.45, 7) is 2.49. The number of thioether (sulfide) groups is 1. The van der Waals surface area contributed by atoms with Crippen LogP contribution in [0.15, 0.2) is 17.0 Å². The van der Waals surface area contributed by atoms with Gasteiger partial charge in [0.15, 0.2) is 0 Å². The van der Waals surface area contributed by atoms with Gasteiger partial charge in [0.2, 0.25) is 0 Å². The number of rotatable bonds is 17. The summed E-state index contributed by atoms with van der Waals surface area (Å²) in [6.07, 6.45) is 17.0. The highest BCUT2D eigenvalue weighted by atomic mass is 32.2. The lowest BCUT2D eigenvalue weighted by Crippen LogP contribution is -1.95. The van der Waals surface area contributed by atoms with Crippen LogP contribution in [0.3, 0.4) is 0 Å². The summed E-state index contributed by atoms with van der Waals surface area (Å²) in [5.74, 6) is -0.168. The second-order valence-electron chi connectivity index (χ2n) is 7.41. The minimum Gasteiger partial charge on any atom is -0.380 e. The lowest BCUT2D eigenvalue weighted by atomic mass is 10.1. The number of benzene rings is 1. The van der Waals surface area contributed by atoms with Crippen molar-refractivity contribution in [2.24, 2.45) is 0 Å². The number of ether oxygens (including phenoxy) is 1. The molecule has 0 unspecified atom stereocenters. The highest BCUT2D eigenvalue weighted by Gasteiger charge is 2.11. The third-order valence-electron chi connectivity index (χ3n) is 4.86.